The average Bonchev–Trinajstić information content (AvgIpc) is 3.53. The van der Waals surface area contributed by atoms with Gasteiger partial charge in [-0.05, 0) is 24.3 Å². The molecule has 1 aliphatic rings. The summed E-state index contributed by atoms with van der Waals surface area (Å²) < 4.78 is 44.4. The number of aromatic hydroxyl groups is 7. The largest absolute Gasteiger partial charge is 0.508 e. The van der Waals surface area contributed by atoms with Crippen LogP contribution >= 0.6 is 0 Å². The molecule has 2 heterocycles. The molecule has 18 heteroatoms. The second-order valence-corrected chi connectivity index (χ2v) is 11.0. The minimum atomic E-state index is -1.58. The molecule has 5 rings (SSSR count). The van der Waals surface area contributed by atoms with E-state index in [2.05, 4.69) is 10.3 Å². The van der Waals surface area contributed by atoms with Gasteiger partial charge < -0.3 is 65.2 Å². The van der Waals surface area contributed by atoms with Crippen molar-refractivity contribution < 1.29 is 68.6 Å². The second kappa shape index (κ2) is 15.8. The molecule has 0 bridgehead atoms. The summed E-state index contributed by atoms with van der Waals surface area (Å²) in [5, 5.41) is 79.3. The summed E-state index contributed by atoms with van der Waals surface area (Å²) in [6, 6.07) is 5.58. The molecule has 0 amide bonds. The van der Waals surface area contributed by atoms with Crippen molar-refractivity contribution in [3.8, 4) is 46.0 Å². The van der Waals surface area contributed by atoms with Crippen molar-refractivity contribution in [3.63, 3.8) is 0 Å². The lowest BCUT2D eigenvalue weighted by atomic mass is 9.90. The second-order valence-electron chi connectivity index (χ2n) is 11.0. The third-order valence-electron chi connectivity index (χ3n) is 7.52. The number of nitrogens with zero attached hydrogens (tertiary/aromatic N) is 3. The van der Waals surface area contributed by atoms with Crippen LogP contribution in [0.25, 0.3) is 0 Å². The van der Waals surface area contributed by atoms with Crippen LogP contribution in [0.1, 0.15) is 39.4 Å². The zero-order valence-electron chi connectivity index (χ0n) is 26.3. The van der Waals surface area contributed by atoms with Gasteiger partial charge in [-0.15, -0.1) is 5.10 Å². The maximum atomic E-state index is 14.3. The molecule has 3 atom stereocenters. The lowest BCUT2D eigenvalue weighted by Gasteiger charge is -2.39. The molecular formula is C32H35FN4O13. The molecule has 268 valence electrons. The highest BCUT2D eigenvalue weighted by Crippen LogP contribution is 2.51. The number of esters is 1. The van der Waals surface area contributed by atoms with Gasteiger partial charge in [0.25, 0.3) is 0 Å². The van der Waals surface area contributed by atoms with E-state index in [1.807, 2.05) is 0 Å². The van der Waals surface area contributed by atoms with Crippen molar-refractivity contribution in [1.82, 2.24) is 15.0 Å². The summed E-state index contributed by atoms with van der Waals surface area (Å²) >= 11 is 0. The summed E-state index contributed by atoms with van der Waals surface area (Å²) in [6.07, 6.45) is -2.30. The van der Waals surface area contributed by atoms with E-state index in [1.54, 1.807) is 6.20 Å². The van der Waals surface area contributed by atoms with E-state index in [9.17, 15) is 44.9 Å². The number of carbonyl (C=O) groups excluding carboxylic acids is 1. The zero-order valence-corrected chi connectivity index (χ0v) is 26.3. The first-order valence-electron chi connectivity index (χ1n) is 15.2. The maximum Gasteiger partial charge on any atom is 0.338 e. The molecule has 0 saturated carbocycles. The van der Waals surface area contributed by atoms with E-state index in [4.69, 9.17) is 29.4 Å². The number of phenolic OH excluding ortho intramolecular Hbond substituents is 7. The third-order valence-corrected chi connectivity index (χ3v) is 7.52. The van der Waals surface area contributed by atoms with Crippen molar-refractivity contribution in [3.05, 3.63) is 70.8 Å². The number of rotatable bonds is 15. The highest BCUT2D eigenvalue weighted by molar-refractivity contribution is 5.90. The minimum absolute atomic E-state index is 0.0495. The minimum Gasteiger partial charge on any atom is -0.508 e. The molecule has 3 aromatic carbocycles. The molecule has 4 aromatic rings. The Morgan fingerprint density at radius 2 is 1.56 bits per heavy atom. The molecule has 9 N–H and O–H groups in total. The monoisotopic (exact) mass is 702 g/mol. The Labute approximate surface area is 283 Å². The molecule has 1 aromatic heterocycles. The fourth-order valence-corrected chi connectivity index (χ4v) is 5.17. The van der Waals surface area contributed by atoms with E-state index in [1.165, 1.54) is 4.68 Å². The zero-order chi connectivity index (χ0) is 35.9. The predicted molar refractivity (Wildman–Crippen MR) is 167 cm³/mol. The van der Waals surface area contributed by atoms with E-state index in [0.717, 1.165) is 30.3 Å². The molecular weight excluding hydrogens is 667 g/mol. The van der Waals surface area contributed by atoms with Crippen molar-refractivity contribution in [2.45, 2.75) is 31.3 Å². The van der Waals surface area contributed by atoms with Crippen LogP contribution in [-0.4, -0.2) is 102 Å². The Morgan fingerprint density at radius 3 is 2.26 bits per heavy atom. The smallest absolute Gasteiger partial charge is 0.338 e. The molecule has 17 nitrogen and oxygen atoms in total. The number of fused-ring (bicyclic) bond motifs is 1. The van der Waals surface area contributed by atoms with Crippen LogP contribution in [0.4, 0.5) is 4.39 Å². The number of phenols is 7. The van der Waals surface area contributed by atoms with Gasteiger partial charge >= 0.3 is 5.97 Å². The highest BCUT2D eigenvalue weighted by Gasteiger charge is 2.45. The summed E-state index contributed by atoms with van der Waals surface area (Å²) in [5.41, 5.74) is 5.37. The average molecular weight is 703 g/mol. The van der Waals surface area contributed by atoms with Crippen LogP contribution in [0.2, 0.25) is 0 Å². The number of ether oxygens (including phenoxy) is 5. The van der Waals surface area contributed by atoms with Crippen LogP contribution in [0.15, 0.2) is 42.6 Å². The van der Waals surface area contributed by atoms with E-state index < -0.39 is 75.9 Å². The molecule has 3 unspecified atom stereocenters. The fraction of sp³-hybridized carbons (Fsp3) is 0.344. The van der Waals surface area contributed by atoms with Crippen molar-refractivity contribution in [2.24, 2.45) is 5.73 Å². The molecule has 50 heavy (non-hydrogen) atoms. The maximum absolute atomic E-state index is 14.3. The molecule has 0 fully saturated rings. The van der Waals surface area contributed by atoms with Crippen molar-refractivity contribution >= 4 is 5.97 Å². The van der Waals surface area contributed by atoms with Crippen LogP contribution in [-0.2, 0) is 31.9 Å². The van der Waals surface area contributed by atoms with Gasteiger partial charge in [0, 0.05) is 36.9 Å². The van der Waals surface area contributed by atoms with Gasteiger partial charge in [-0.1, -0.05) is 5.21 Å². The number of nitrogens with two attached hydrogens (primary N) is 1. The first-order valence-corrected chi connectivity index (χ1v) is 15.2. The quantitative estimate of drug-likeness (QED) is 0.0500. The Balaban J connectivity index is 1.41. The SMILES string of the molecule is NCCOCCOCCc1cn(CCOC2c3c(O)cc(O)cc3OC(c3cc(O)c(O)c(O)c3)C2OC(=O)c2cc(O)c(O)c(F)c2)nn1. The highest BCUT2D eigenvalue weighted by atomic mass is 19.1. The Bertz CT molecular complexity index is 1770. The van der Waals surface area contributed by atoms with E-state index >= 15 is 0 Å². The van der Waals surface area contributed by atoms with Crippen LogP contribution in [0.5, 0.6) is 46.0 Å². The van der Waals surface area contributed by atoms with Crippen LogP contribution in [0, 0.1) is 5.82 Å². The fourth-order valence-electron chi connectivity index (χ4n) is 5.17. The third kappa shape index (κ3) is 8.17. The first kappa shape index (κ1) is 35.7. The Morgan fingerprint density at radius 1 is 0.860 bits per heavy atom. The molecule has 0 radical (unpaired) electrons. The topological polar surface area (TPSA) is 262 Å². The van der Waals surface area contributed by atoms with Gasteiger partial charge in [0.15, 0.2) is 46.8 Å². The summed E-state index contributed by atoms with van der Waals surface area (Å²) in [4.78, 5) is 13.4. The number of aromatic nitrogens is 3. The number of carbonyl (C=O) groups is 1. The van der Waals surface area contributed by atoms with Gasteiger partial charge in [-0.3, -0.25) is 0 Å². The molecule has 0 saturated heterocycles. The normalized spacial score (nSPS) is 16.9. The summed E-state index contributed by atoms with van der Waals surface area (Å²) in [6.45, 7) is 2.00. The Kier molecular flexibility index (Phi) is 11.3. The summed E-state index contributed by atoms with van der Waals surface area (Å²) in [5.74, 6) is -7.96. The molecule has 0 spiro atoms. The number of benzene rings is 3. The van der Waals surface area contributed by atoms with Gasteiger partial charge in [-0.25, -0.2) is 13.9 Å². The van der Waals surface area contributed by atoms with E-state index in [0.29, 0.717) is 51.2 Å². The lowest BCUT2D eigenvalue weighted by Crippen LogP contribution is -2.40. The summed E-state index contributed by atoms with van der Waals surface area (Å²) in [7, 11) is 0. The predicted octanol–water partition coefficient (Wildman–Crippen LogP) is 2.01. The van der Waals surface area contributed by atoms with Crippen molar-refractivity contribution in [1.29, 1.82) is 0 Å². The number of halogens is 1. The first-order chi connectivity index (χ1) is 24.0. The van der Waals surface area contributed by atoms with Gasteiger partial charge in [-0.2, -0.15) is 0 Å². The van der Waals surface area contributed by atoms with Gasteiger partial charge in [0.2, 0.25) is 0 Å². The molecule has 0 aliphatic carbocycles. The van der Waals surface area contributed by atoms with E-state index in [-0.39, 0.29) is 30.0 Å². The van der Waals surface area contributed by atoms with Gasteiger partial charge in [0.05, 0.1) is 56.4 Å². The number of hydrogen-bond acceptors (Lipinski definition) is 16. The van der Waals surface area contributed by atoms with Crippen LogP contribution < -0.4 is 10.5 Å². The van der Waals surface area contributed by atoms with Crippen LogP contribution in [0.3, 0.4) is 0 Å². The van der Waals surface area contributed by atoms with Gasteiger partial charge in [0.1, 0.15) is 23.4 Å². The number of hydrogen-bond donors (Lipinski definition) is 8. The van der Waals surface area contributed by atoms with Crippen molar-refractivity contribution in [2.75, 3.05) is 39.6 Å². The standard InChI is InChI=1S/C32H35FN4O13/c33-20-9-17(12-22(40)27(20)43)32(45)50-31-29(16-10-23(41)28(44)24(42)11-16)49-25-14-19(38)13-21(39)26(25)30(31)48-6-3-37-15-18(35-36-37)1-4-46-7-8-47-5-2-34/h9-15,29-31,38-44H,1-8,34H2. The molecule has 1 aliphatic heterocycles. The Hall–Kier alpha value is -5.56. The lowest BCUT2D eigenvalue weighted by molar-refractivity contribution is -0.112.